The molecule has 0 saturated heterocycles. The third-order valence-corrected chi connectivity index (χ3v) is 5.24. The van der Waals surface area contributed by atoms with Crippen LogP contribution in [-0.4, -0.2) is 32.6 Å². The van der Waals surface area contributed by atoms with E-state index in [0.717, 1.165) is 11.3 Å². The van der Waals surface area contributed by atoms with Crippen LogP contribution in [0.4, 0.5) is 4.39 Å². The largest absolute Gasteiger partial charge is 0.272 e. The Morgan fingerprint density at radius 3 is 2.39 bits per heavy atom. The molecular formula is C23H18FN5OS. The number of hydrogen-bond acceptors (Lipinski definition) is 5. The molecule has 4 rings (SSSR count). The molecule has 154 valence electrons. The van der Waals surface area contributed by atoms with Gasteiger partial charge in [0, 0.05) is 16.8 Å². The van der Waals surface area contributed by atoms with Gasteiger partial charge in [-0.05, 0) is 18.2 Å². The number of nitrogens with zero attached hydrogens (tertiary/aromatic N) is 4. The van der Waals surface area contributed by atoms with E-state index in [4.69, 9.17) is 0 Å². The smallest absolute Gasteiger partial charge is 0.250 e. The zero-order valence-electron chi connectivity index (χ0n) is 16.4. The first kappa shape index (κ1) is 20.5. The number of halogens is 1. The van der Waals surface area contributed by atoms with E-state index in [0.29, 0.717) is 16.5 Å². The van der Waals surface area contributed by atoms with E-state index < -0.39 is 5.82 Å². The van der Waals surface area contributed by atoms with Crippen LogP contribution in [0, 0.1) is 5.82 Å². The number of carbonyl (C=O) groups is 1. The molecule has 31 heavy (non-hydrogen) atoms. The van der Waals surface area contributed by atoms with E-state index in [1.54, 1.807) is 18.2 Å². The Kier molecular flexibility index (Phi) is 6.49. The second-order valence-corrected chi connectivity index (χ2v) is 7.39. The van der Waals surface area contributed by atoms with E-state index in [1.165, 1.54) is 24.0 Å². The third-order valence-electron chi connectivity index (χ3n) is 4.31. The molecule has 1 heterocycles. The molecule has 1 N–H and O–H groups in total. The van der Waals surface area contributed by atoms with Gasteiger partial charge in [-0.1, -0.05) is 78.5 Å². The molecule has 6 nitrogen and oxygen atoms in total. The van der Waals surface area contributed by atoms with Gasteiger partial charge in [0.15, 0.2) is 11.0 Å². The van der Waals surface area contributed by atoms with Crippen molar-refractivity contribution in [1.82, 2.24) is 20.2 Å². The van der Waals surface area contributed by atoms with Crippen LogP contribution in [0.1, 0.15) is 5.56 Å². The lowest BCUT2D eigenvalue weighted by molar-refractivity contribution is -0.118. The van der Waals surface area contributed by atoms with E-state index in [-0.39, 0.29) is 11.7 Å². The fraction of sp³-hybridized carbons (Fsp3) is 0.0435. The van der Waals surface area contributed by atoms with E-state index in [1.807, 2.05) is 65.2 Å². The molecule has 1 aromatic heterocycles. The average Bonchev–Trinajstić information content (AvgIpc) is 3.24. The van der Waals surface area contributed by atoms with Crippen molar-refractivity contribution >= 4 is 23.9 Å². The van der Waals surface area contributed by atoms with Gasteiger partial charge in [0.1, 0.15) is 5.82 Å². The Morgan fingerprint density at radius 1 is 0.968 bits per heavy atom. The molecule has 3 aromatic carbocycles. The summed E-state index contributed by atoms with van der Waals surface area (Å²) in [6.07, 6.45) is 1.28. The predicted octanol–water partition coefficient (Wildman–Crippen LogP) is 4.32. The summed E-state index contributed by atoms with van der Waals surface area (Å²) >= 11 is 1.24. The lowest BCUT2D eigenvalue weighted by atomic mass is 10.2. The van der Waals surface area contributed by atoms with Crippen molar-refractivity contribution in [2.75, 3.05) is 5.75 Å². The van der Waals surface area contributed by atoms with Crippen LogP contribution in [0.3, 0.4) is 0 Å². The number of benzene rings is 3. The molecule has 8 heteroatoms. The average molecular weight is 431 g/mol. The van der Waals surface area contributed by atoms with Gasteiger partial charge in [0.25, 0.3) is 5.91 Å². The molecule has 4 aromatic rings. The molecule has 0 aliphatic rings. The minimum atomic E-state index is -0.403. The first-order chi connectivity index (χ1) is 15.2. The topological polar surface area (TPSA) is 72.2 Å². The van der Waals surface area contributed by atoms with Crippen molar-refractivity contribution in [3.8, 4) is 17.1 Å². The van der Waals surface area contributed by atoms with Gasteiger partial charge < -0.3 is 0 Å². The molecule has 0 aliphatic heterocycles. The van der Waals surface area contributed by atoms with Crippen molar-refractivity contribution in [1.29, 1.82) is 0 Å². The molecule has 0 atom stereocenters. The quantitative estimate of drug-likeness (QED) is 0.269. The molecule has 0 bridgehead atoms. The first-order valence-electron chi connectivity index (χ1n) is 9.48. The molecule has 0 radical (unpaired) electrons. The summed E-state index contributed by atoms with van der Waals surface area (Å²) in [7, 11) is 0. The van der Waals surface area contributed by atoms with E-state index >= 15 is 0 Å². The summed E-state index contributed by atoms with van der Waals surface area (Å²) in [5, 5.41) is 13.0. The maximum atomic E-state index is 13.6. The highest BCUT2D eigenvalue weighted by atomic mass is 32.2. The molecule has 0 unspecified atom stereocenters. The molecule has 0 saturated carbocycles. The molecular weight excluding hydrogens is 413 g/mol. The number of carbonyl (C=O) groups excluding carboxylic acids is 1. The van der Waals surface area contributed by atoms with Gasteiger partial charge in [-0.15, -0.1) is 10.2 Å². The van der Waals surface area contributed by atoms with Crippen LogP contribution in [-0.2, 0) is 4.79 Å². The molecule has 0 fully saturated rings. The van der Waals surface area contributed by atoms with Crippen LogP contribution in [0.2, 0.25) is 0 Å². The summed E-state index contributed by atoms with van der Waals surface area (Å²) in [5.74, 6) is 0.0296. The summed E-state index contributed by atoms with van der Waals surface area (Å²) < 4.78 is 15.5. The zero-order chi connectivity index (χ0) is 21.5. The highest BCUT2D eigenvalue weighted by Gasteiger charge is 2.17. The summed E-state index contributed by atoms with van der Waals surface area (Å²) in [4.78, 5) is 12.2. The number of hydrogen-bond donors (Lipinski definition) is 1. The lowest BCUT2D eigenvalue weighted by Gasteiger charge is -2.10. The minimum Gasteiger partial charge on any atom is -0.272 e. The summed E-state index contributed by atoms with van der Waals surface area (Å²) in [6, 6.07) is 25.6. The Hall–Kier alpha value is -3.78. The van der Waals surface area contributed by atoms with Crippen LogP contribution in [0.5, 0.6) is 0 Å². The summed E-state index contributed by atoms with van der Waals surface area (Å²) in [6.45, 7) is 0. The van der Waals surface area contributed by atoms with Crippen LogP contribution in [0.25, 0.3) is 17.1 Å². The molecule has 0 spiro atoms. The number of rotatable bonds is 7. The van der Waals surface area contributed by atoms with E-state index in [2.05, 4.69) is 20.7 Å². The number of thioether (sulfide) groups is 1. The normalized spacial score (nSPS) is 11.0. The number of hydrazone groups is 1. The highest BCUT2D eigenvalue weighted by molar-refractivity contribution is 7.99. The number of aromatic nitrogens is 3. The van der Waals surface area contributed by atoms with Gasteiger partial charge in [0.2, 0.25) is 0 Å². The zero-order valence-corrected chi connectivity index (χ0v) is 17.2. The Bertz CT molecular complexity index is 1200. The maximum Gasteiger partial charge on any atom is 0.250 e. The maximum absolute atomic E-state index is 13.6. The van der Waals surface area contributed by atoms with Crippen molar-refractivity contribution in [2.45, 2.75) is 5.16 Å². The van der Waals surface area contributed by atoms with Crippen molar-refractivity contribution in [3.05, 3.63) is 96.3 Å². The summed E-state index contributed by atoms with van der Waals surface area (Å²) in [5.41, 5.74) is 4.53. The van der Waals surface area contributed by atoms with Crippen LogP contribution in [0.15, 0.2) is 95.2 Å². The Labute approximate surface area is 182 Å². The third kappa shape index (κ3) is 5.04. The van der Waals surface area contributed by atoms with Gasteiger partial charge in [-0.2, -0.15) is 5.10 Å². The second-order valence-electron chi connectivity index (χ2n) is 6.45. The fourth-order valence-electron chi connectivity index (χ4n) is 2.86. The SMILES string of the molecule is O=C(CSc1nnc(-c2ccccc2)n1-c1ccccc1)N/N=C/c1ccccc1F. The standard InChI is InChI=1S/C23H18FN5OS/c24-20-14-8-7-11-18(20)15-25-26-21(30)16-31-23-28-27-22(17-9-3-1-4-10-17)29(23)19-12-5-2-6-13-19/h1-15H,16H2,(H,26,30)/b25-15+. The van der Waals surface area contributed by atoms with Crippen molar-refractivity contribution < 1.29 is 9.18 Å². The van der Waals surface area contributed by atoms with Gasteiger partial charge in [0.05, 0.1) is 12.0 Å². The second kappa shape index (κ2) is 9.82. The van der Waals surface area contributed by atoms with Gasteiger partial charge >= 0.3 is 0 Å². The van der Waals surface area contributed by atoms with Crippen molar-refractivity contribution in [2.24, 2.45) is 5.10 Å². The Morgan fingerprint density at radius 2 is 1.65 bits per heavy atom. The monoisotopic (exact) mass is 431 g/mol. The predicted molar refractivity (Wildman–Crippen MR) is 120 cm³/mol. The molecule has 0 aliphatic carbocycles. The van der Waals surface area contributed by atoms with Gasteiger partial charge in [-0.3, -0.25) is 9.36 Å². The number of para-hydroxylation sites is 1. The minimum absolute atomic E-state index is 0.0777. The number of nitrogens with one attached hydrogen (secondary N) is 1. The lowest BCUT2D eigenvalue weighted by Crippen LogP contribution is -2.20. The van der Waals surface area contributed by atoms with Crippen molar-refractivity contribution in [3.63, 3.8) is 0 Å². The van der Waals surface area contributed by atoms with E-state index in [9.17, 15) is 9.18 Å². The van der Waals surface area contributed by atoms with Crippen LogP contribution < -0.4 is 5.43 Å². The van der Waals surface area contributed by atoms with Gasteiger partial charge in [-0.25, -0.2) is 9.82 Å². The first-order valence-corrected chi connectivity index (χ1v) is 10.5. The number of amides is 1. The molecule has 1 amide bonds. The Balaban J connectivity index is 1.49. The van der Waals surface area contributed by atoms with Crippen LogP contribution >= 0.6 is 11.8 Å². The highest BCUT2D eigenvalue weighted by Crippen LogP contribution is 2.27. The fourth-order valence-corrected chi connectivity index (χ4v) is 3.61.